The van der Waals surface area contributed by atoms with Gasteiger partial charge in [0.05, 0.1) is 6.54 Å². The number of fused-ring (bicyclic) bond motifs is 1. The molecule has 3 aromatic rings. The number of anilines is 1. The van der Waals surface area contributed by atoms with Gasteiger partial charge in [0, 0.05) is 37.0 Å². The van der Waals surface area contributed by atoms with Crippen LogP contribution in [0.15, 0.2) is 35.6 Å². The number of aromatic nitrogens is 4. The molecule has 1 unspecified atom stereocenters. The molecule has 1 N–H and O–H groups in total. The molecule has 1 atom stereocenters. The lowest BCUT2D eigenvalue weighted by atomic mass is 9.95. The molecule has 1 aromatic carbocycles. The minimum Gasteiger partial charge on any atom is -0.349 e. The van der Waals surface area contributed by atoms with Crippen LogP contribution in [0.1, 0.15) is 12.2 Å². The lowest BCUT2D eigenvalue weighted by Crippen LogP contribution is -2.42. The van der Waals surface area contributed by atoms with Crippen LogP contribution in [0.5, 0.6) is 0 Å². The fourth-order valence-electron chi connectivity index (χ4n) is 3.58. The summed E-state index contributed by atoms with van der Waals surface area (Å²) in [5.74, 6) is 1.10. The van der Waals surface area contributed by atoms with Gasteiger partial charge in [-0.15, -0.1) is 0 Å². The molecule has 4 rings (SSSR count). The van der Waals surface area contributed by atoms with E-state index in [0.29, 0.717) is 35.0 Å². The van der Waals surface area contributed by atoms with Crippen LogP contribution in [-0.4, -0.2) is 51.6 Å². The SMILES string of the molecule is CN=C1CN(c2ncnn3c(C)nc(-c4ccccc4F)c23)CCC1C=N. The van der Waals surface area contributed by atoms with Gasteiger partial charge in [0.2, 0.25) is 0 Å². The van der Waals surface area contributed by atoms with E-state index >= 15 is 0 Å². The summed E-state index contributed by atoms with van der Waals surface area (Å²) in [6.45, 7) is 3.14. The van der Waals surface area contributed by atoms with Crippen LogP contribution in [0.4, 0.5) is 10.2 Å². The van der Waals surface area contributed by atoms with Gasteiger partial charge >= 0.3 is 0 Å². The van der Waals surface area contributed by atoms with Crippen molar-refractivity contribution >= 4 is 23.3 Å². The second kappa shape index (κ2) is 6.86. The van der Waals surface area contributed by atoms with Crippen molar-refractivity contribution < 1.29 is 4.39 Å². The molecule has 1 fully saturated rings. The molecule has 0 amide bonds. The summed E-state index contributed by atoms with van der Waals surface area (Å²) in [7, 11) is 1.75. The van der Waals surface area contributed by atoms with Crippen molar-refractivity contribution in [2.45, 2.75) is 13.3 Å². The molecule has 0 radical (unpaired) electrons. The maximum Gasteiger partial charge on any atom is 0.159 e. The van der Waals surface area contributed by atoms with Crippen LogP contribution in [0.2, 0.25) is 0 Å². The van der Waals surface area contributed by atoms with E-state index in [2.05, 4.69) is 25.0 Å². The molecule has 1 saturated heterocycles. The number of hydrogen-bond acceptors (Lipinski definition) is 6. The zero-order valence-corrected chi connectivity index (χ0v) is 15.2. The molecule has 27 heavy (non-hydrogen) atoms. The van der Waals surface area contributed by atoms with Crippen molar-refractivity contribution in [1.29, 1.82) is 5.41 Å². The number of imidazole rings is 1. The van der Waals surface area contributed by atoms with Gasteiger partial charge in [-0.25, -0.2) is 18.9 Å². The molecule has 1 aliphatic rings. The minimum atomic E-state index is -0.328. The lowest BCUT2D eigenvalue weighted by Gasteiger charge is -2.32. The number of benzene rings is 1. The average Bonchev–Trinajstić information content (AvgIpc) is 3.04. The van der Waals surface area contributed by atoms with Crippen LogP contribution in [0, 0.1) is 24.1 Å². The second-order valence-corrected chi connectivity index (χ2v) is 6.53. The maximum absolute atomic E-state index is 14.5. The van der Waals surface area contributed by atoms with Crippen molar-refractivity contribution in [3.8, 4) is 11.3 Å². The van der Waals surface area contributed by atoms with E-state index in [1.54, 1.807) is 29.8 Å². The Hall–Kier alpha value is -3.16. The third-order valence-electron chi connectivity index (χ3n) is 4.98. The van der Waals surface area contributed by atoms with Gasteiger partial charge in [0.15, 0.2) is 5.82 Å². The molecular formula is C19H20FN7. The number of halogens is 1. The predicted molar refractivity (Wildman–Crippen MR) is 103 cm³/mol. The number of rotatable bonds is 3. The van der Waals surface area contributed by atoms with Crippen molar-refractivity contribution in [2.24, 2.45) is 10.9 Å². The second-order valence-electron chi connectivity index (χ2n) is 6.53. The lowest BCUT2D eigenvalue weighted by molar-refractivity contribution is 0.631. The first kappa shape index (κ1) is 17.3. The van der Waals surface area contributed by atoms with E-state index in [9.17, 15) is 4.39 Å². The van der Waals surface area contributed by atoms with Crippen molar-refractivity contribution in [3.05, 3.63) is 42.2 Å². The smallest absolute Gasteiger partial charge is 0.159 e. The Morgan fingerprint density at radius 2 is 2.15 bits per heavy atom. The first-order valence-corrected chi connectivity index (χ1v) is 8.80. The highest BCUT2D eigenvalue weighted by atomic mass is 19.1. The molecular weight excluding hydrogens is 345 g/mol. The van der Waals surface area contributed by atoms with Crippen molar-refractivity contribution in [2.75, 3.05) is 25.0 Å². The van der Waals surface area contributed by atoms with Gasteiger partial charge in [0.25, 0.3) is 0 Å². The van der Waals surface area contributed by atoms with E-state index in [-0.39, 0.29) is 11.7 Å². The van der Waals surface area contributed by atoms with Crippen molar-refractivity contribution in [1.82, 2.24) is 19.6 Å². The fourth-order valence-corrected chi connectivity index (χ4v) is 3.58. The molecule has 1 aliphatic heterocycles. The number of hydrogen-bond donors (Lipinski definition) is 1. The summed E-state index contributed by atoms with van der Waals surface area (Å²) < 4.78 is 16.2. The van der Waals surface area contributed by atoms with Crippen LogP contribution in [0.3, 0.4) is 0 Å². The minimum absolute atomic E-state index is 0.0572. The molecule has 138 valence electrons. The molecule has 0 aliphatic carbocycles. The van der Waals surface area contributed by atoms with E-state index in [4.69, 9.17) is 5.41 Å². The Balaban J connectivity index is 1.88. The van der Waals surface area contributed by atoms with Gasteiger partial charge in [-0.1, -0.05) is 12.1 Å². The molecule has 3 heterocycles. The Kier molecular flexibility index (Phi) is 4.39. The summed E-state index contributed by atoms with van der Waals surface area (Å²) in [4.78, 5) is 15.5. The van der Waals surface area contributed by atoms with E-state index < -0.39 is 0 Å². The molecule has 0 saturated carbocycles. The van der Waals surface area contributed by atoms with Crippen molar-refractivity contribution in [3.63, 3.8) is 0 Å². The molecule has 0 bridgehead atoms. The molecule has 0 spiro atoms. The van der Waals surface area contributed by atoms with E-state index in [1.165, 1.54) is 18.6 Å². The van der Waals surface area contributed by atoms with E-state index in [0.717, 1.165) is 18.7 Å². The zero-order chi connectivity index (χ0) is 19.0. The Morgan fingerprint density at radius 1 is 1.33 bits per heavy atom. The summed E-state index contributed by atoms with van der Waals surface area (Å²) in [5.41, 5.74) is 2.59. The maximum atomic E-state index is 14.5. The fraction of sp³-hybridized carbons (Fsp3) is 0.316. The monoisotopic (exact) mass is 365 g/mol. The highest BCUT2D eigenvalue weighted by Crippen LogP contribution is 2.32. The number of nitrogens with zero attached hydrogens (tertiary/aromatic N) is 6. The molecule has 7 nitrogen and oxygen atoms in total. The van der Waals surface area contributed by atoms with Gasteiger partial charge in [0.1, 0.15) is 29.2 Å². The highest BCUT2D eigenvalue weighted by molar-refractivity contribution is 6.02. The van der Waals surface area contributed by atoms with Crippen LogP contribution >= 0.6 is 0 Å². The number of nitrogens with one attached hydrogen (secondary N) is 1. The topological polar surface area (TPSA) is 82.5 Å². The number of piperidine rings is 1. The normalized spacial score (nSPS) is 19.0. The van der Waals surface area contributed by atoms with Gasteiger partial charge in [-0.3, -0.25) is 4.99 Å². The van der Waals surface area contributed by atoms with Crippen LogP contribution < -0.4 is 4.90 Å². The largest absolute Gasteiger partial charge is 0.349 e. The summed E-state index contributed by atoms with van der Waals surface area (Å²) >= 11 is 0. The number of aryl methyl sites for hydroxylation is 1. The van der Waals surface area contributed by atoms with Gasteiger partial charge < -0.3 is 10.3 Å². The third kappa shape index (κ3) is 2.87. The summed E-state index contributed by atoms with van der Waals surface area (Å²) in [6, 6.07) is 6.60. The average molecular weight is 365 g/mol. The predicted octanol–water partition coefficient (Wildman–Crippen LogP) is 2.79. The first-order valence-electron chi connectivity index (χ1n) is 8.80. The van der Waals surface area contributed by atoms with Gasteiger partial charge in [-0.2, -0.15) is 5.10 Å². The van der Waals surface area contributed by atoms with E-state index in [1.807, 2.05) is 6.92 Å². The highest BCUT2D eigenvalue weighted by Gasteiger charge is 2.28. The van der Waals surface area contributed by atoms with Crippen LogP contribution in [-0.2, 0) is 0 Å². The first-order chi connectivity index (χ1) is 13.1. The molecule has 2 aromatic heterocycles. The number of aliphatic imine (C=N–C) groups is 1. The summed E-state index contributed by atoms with van der Waals surface area (Å²) in [6.07, 6.45) is 3.73. The Labute approximate surface area is 156 Å². The Bertz CT molecular complexity index is 1040. The summed E-state index contributed by atoms with van der Waals surface area (Å²) in [5, 5.41) is 11.9. The third-order valence-corrected chi connectivity index (χ3v) is 4.98. The quantitative estimate of drug-likeness (QED) is 0.724. The zero-order valence-electron chi connectivity index (χ0n) is 15.2. The van der Waals surface area contributed by atoms with Gasteiger partial charge in [-0.05, 0) is 25.5 Å². The molecule has 8 heteroatoms. The van der Waals surface area contributed by atoms with Crippen LogP contribution in [0.25, 0.3) is 16.8 Å². The standard InChI is InChI=1S/C19H20FN7/c1-12-25-17(14-5-3-4-6-15(14)20)18-19(23-11-24-27(12)18)26-8-7-13(9-21)16(10-26)22-2/h3-6,9,11,13,21H,7-8,10H2,1-2H3. The Morgan fingerprint density at radius 3 is 2.89 bits per heavy atom.